The van der Waals surface area contributed by atoms with Gasteiger partial charge in [-0.1, -0.05) is 11.3 Å². The normalized spacial score (nSPS) is 11.1. The fraction of sp³-hybridized carbons (Fsp3) is 0.364. The molecule has 0 saturated heterocycles. The third kappa shape index (κ3) is 5.05. The number of carbonyl (C=O) groups excluding carboxylic acids is 1. The molecule has 0 bridgehead atoms. The van der Waals surface area contributed by atoms with E-state index in [1.54, 1.807) is 4.90 Å². The van der Waals surface area contributed by atoms with Crippen LogP contribution in [0.4, 0.5) is 10.8 Å². The van der Waals surface area contributed by atoms with Crippen molar-refractivity contribution >= 4 is 38.3 Å². The first kappa shape index (κ1) is 21.1. The van der Waals surface area contributed by atoms with Crippen molar-refractivity contribution in [2.75, 3.05) is 57.7 Å². The number of nitrogens with zero attached hydrogens (tertiary/aromatic N) is 4. The van der Waals surface area contributed by atoms with Gasteiger partial charge in [0.05, 0.1) is 16.8 Å². The van der Waals surface area contributed by atoms with Crippen LogP contribution in [0.25, 0.3) is 10.2 Å². The Kier molecular flexibility index (Phi) is 6.71. The van der Waals surface area contributed by atoms with E-state index in [-0.39, 0.29) is 5.91 Å². The largest absolute Gasteiger partial charge is 0.494 e. The van der Waals surface area contributed by atoms with Crippen molar-refractivity contribution in [2.45, 2.75) is 6.92 Å². The molecule has 1 amide bonds. The van der Waals surface area contributed by atoms with E-state index in [1.807, 2.05) is 82.5 Å². The van der Waals surface area contributed by atoms with E-state index < -0.39 is 0 Å². The highest BCUT2D eigenvalue weighted by Gasteiger charge is 2.21. The molecule has 0 saturated carbocycles. The number of ether oxygens (including phenoxy) is 1. The van der Waals surface area contributed by atoms with Crippen molar-refractivity contribution in [3.63, 3.8) is 0 Å². The molecule has 0 radical (unpaired) electrons. The Morgan fingerprint density at radius 1 is 1.03 bits per heavy atom. The molecule has 29 heavy (non-hydrogen) atoms. The van der Waals surface area contributed by atoms with Crippen molar-refractivity contribution in [2.24, 2.45) is 0 Å². The second-order valence-electron chi connectivity index (χ2n) is 7.26. The van der Waals surface area contributed by atoms with Crippen molar-refractivity contribution in [1.82, 2.24) is 9.88 Å². The standard InChI is InChI=1S/C22H28N4O2S/c1-6-28-18-11-12-19-20(15-18)29-22(23-19)26(14-13-24(2)3)21(27)16-7-9-17(10-8-16)25(4)5/h7-12,15H,6,13-14H2,1-5H3. The molecule has 154 valence electrons. The molecule has 0 atom stereocenters. The van der Waals surface area contributed by atoms with Crippen LogP contribution in [0.1, 0.15) is 17.3 Å². The maximum absolute atomic E-state index is 13.3. The first-order valence-electron chi connectivity index (χ1n) is 9.66. The minimum Gasteiger partial charge on any atom is -0.494 e. The van der Waals surface area contributed by atoms with Crippen LogP contribution in [-0.4, -0.2) is 63.7 Å². The van der Waals surface area contributed by atoms with E-state index in [2.05, 4.69) is 4.90 Å². The number of benzene rings is 2. The van der Waals surface area contributed by atoms with Gasteiger partial charge in [-0.15, -0.1) is 0 Å². The Labute approximate surface area is 176 Å². The van der Waals surface area contributed by atoms with Gasteiger partial charge in [0.15, 0.2) is 5.13 Å². The summed E-state index contributed by atoms with van der Waals surface area (Å²) in [5, 5.41) is 0.706. The maximum Gasteiger partial charge on any atom is 0.260 e. The van der Waals surface area contributed by atoms with E-state index in [9.17, 15) is 4.79 Å². The lowest BCUT2D eigenvalue weighted by Crippen LogP contribution is -2.36. The number of aromatic nitrogens is 1. The highest BCUT2D eigenvalue weighted by molar-refractivity contribution is 7.22. The molecule has 0 aliphatic heterocycles. The summed E-state index contributed by atoms with van der Waals surface area (Å²) in [6.45, 7) is 3.90. The van der Waals surface area contributed by atoms with Crippen molar-refractivity contribution < 1.29 is 9.53 Å². The van der Waals surface area contributed by atoms with Gasteiger partial charge in [0.1, 0.15) is 5.75 Å². The zero-order valence-corrected chi connectivity index (χ0v) is 18.5. The van der Waals surface area contributed by atoms with Crippen LogP contribution in [0, 0.1) is 0 Å². The van der Waals surface area contributed by atoms with E-state index in [0.29, 0.717) is 23.8 Å². The van der Waals surface area contributed by atoms with Gasteiger partial charge >= 0.3 is 0 Å². The summed E-state index contributed by atoms with van der Waals surface area (Å²) in [5.41, 5.74) is 2.59. The number of anilines is 2. The van der Waals surface area contributed by atoms with Gasteiger partial charge in [-0.3, -0.25) is 9.69 Å². The average molecular weight is 413 g/mol. The predicted octanol–water partition coefficient (Wildman–Crippen LogP) is 3.97. The number of thiazole rings is 1. The summed E-state index contributed by atoms with van der Waals surface area (Å²) in [7, 11) is 7.97. The molecule has 3 rings (SSSR count). The summed E-state index contributed by atoms with van der Waals surface area (Å²) in [5.74, 6) is 0.780. The van der Waals surface area contributed by atoms with Crippen LogP contribution >= 0.6 is 11.3 Å². The first-order chi connectivity index (χ1) is 13.9. The molecule has 1 aromatic heterocycles. The fourth-order valence-corrected chi connectivity index (χ4v) is 3.93. The van der Waals surface area contributed by atoms with E-state index >= 15 is 0 Å². The maximum atomic E-state index is 13.3. The number of hydrogen-bond donors (Lipinski definition) is 0. The first-order valence-corrected chi connectivity index (χ1v) is 10.5. The summed E-state index contributed by atoms with van der Waals surface area (Å²) in [6.07, 6.45) is 0. The molecule has 6 nitrogen and oxygen atoms in total. The molecule has 0 aliphatic rings. The number of carbonyl (C=O) groups is 1. The molecular weight excluding hydrogens is 384 g/mol. The number of rotatable bonds is 8. The van der Waals surface area contributed by atoms with Gasteiger partial charge in [-0.2, -0.15) is 0 Å². The van der Waals surface area contributed by atoms with Crippen LogP contribution in [0.3, 0.4) is 0 Å². The minimum atomic E-state index is -0.0405. The molecule has 1 heterocycles. The molecule has 0 fully saturated rings. The summed E-state index contributed by atoms with van der Waals surface area (Å²) < 4.78 is 6.61. The highest BCUT2D eigenvalue weighted by Crippen LogP contribution is 2.32. The fourth-order valence-electron chi connectivity index (χ4n) is 2.91. The predicted molar refractivity (Wildman–Crippen MR) is 122 cm³/mol. The van der Waals surface area contributed by atoms with E-state index in [1.165, 1.54) is 11.3 Å². The van der Waals surface area contributed by atoms with Crippen molar-refractivity contribution in [3.8, 4) is 5.75 Å². The third-order valence-corrected chi connectivity index (χ3v) is 5.58. The number of likely N-dealkylation sites (N-methyl/N-ethyl adjacent to an activating group) is 1. The molecule has 7 heteroatoms. The lowest BCUT2D eigenvalue weighted by atomic mass is 10.1. The number of amides is 1. The molecule has 0 unspecified atom stereocenters. The van der Waals surface area contributed by atoms with Crippen LogP contribution in [-0.2, 0) is 0 Å². The Morgan fingerprint density at radius 2 is 1.76 bits per heavy atom. The zero-order chi connectivity index (χ0) is 21.0. The Hall–Kier alpha value is -2.64. The van der Waals surface area contributed by atoms with Crippen LogP contribution in [0.5, 0.6) is 5.75 Å². The van der Waals surface area contributed by atoms with E-state index in [0.717, 1.165) is 28.2 Å². The van der Waals surface area contributed by atoms with Crippen LogP contribution in [0.2, 0.25) is 0 Å². The van der Waals surface area contributed by atoms with Gasteiger partial charge in [0.2, 0.25) is 0 Å². The van der Waals surface area contributed by atoms with Crippen molar-refractivity contribution in [3.05, 3.63) is 48.0 Å². The van der Waals surface area contributed by atoms with Gasteiger partial charge in [0.25, 0.3) is 5.91 Å². The Bertz CT molecular complexity index is 967. The molecule has 3 aromatic rings. The number of fused-ring (bicyclic) bond motifs is 1. The van der Waals surface area contributed by atoms with Crippen LogP contribution < -0.4 is 14.5 Å². The van der Waals surface area contributed by atoms with E-state index in [4.69, 9.17) is 9.72 Å². The van der Waals surface area contributed by atoms with Gasteiger partial charge in [-0.05, 0) is 63.5 Å². The number of hydrogen-bond acceptors (Lipinski definition) is 6. The molecule has 2 aromatic carbocycles. The molecule has 0 N–H and O–H groups in total. The summed E-state index contributed by atoms with van der Waals surface area (Å²) >= 11 is 1.52. The minimum absolute atomic E-state index is 0.0405. The third-order valence-electron chi connectivity index (χ3n) is 4.54. The molecular formula is C22H28N4O2S. The topological polar surface area (TPSA) is 48.9 Å². The Morgan fingerprint density at radius 3 is 2.38 bits per heavy atom. The Balaban J connectivity index is 1.93. The smallest absolute Gasteiger partial charge is 0.260 e. The van der Waals surface area contributed by atoms with Gasteiger partial charge in [0, 0.05) is 38.4 Å². The zero-order valence-electron chi connectivity index (χ0n) is 17.7. The van der Waals surface area contributed by atoms with Crippen molar-refractivity contribution in [1.29, 1.82) is 0 Å². The monoisotopic (exact) mass is 412 g/mol. The SMILES string of the molecule is CCOc1ccc2nc(N(CCN(C)C)C(=O)c3ccc(N(C)C)cc3)sc2c1. The second kappa shape index (κ2) is 9.24. The lowest BCUT2D eigenvalue weighted by Gasteiger charge is -2.22. The van der Waals surface area contributed by atoms with Gasteiger partial charge in [-0.25, -0.2) is 4.98 Å². The lowest BCUT2D eigenvalue weighted by molar-refractivity contribution is 0.0985. The summed E-state index contributed by atoms with van der Waals surface area (Å²) in [6, 6.07) is 13.5. The quantitative estimate of drug-likeness (QED) is 0.560. The second-order valence-corrected chi connectivity index (χ2v) is 8.27. The highest BCUT2D eigenvalue weighted by atomic mass is 32.1. The average Bonchev–Trinajstić information content (AvgIpc) is 3.11. The molecule has 0 aliphatic carbocycles. The molecule has 0 spiro atoms. The van der Waals surface area contributed by atoms with Gasteiger partial charge < -0.3 is 14.5 Å². The van der Waals surface area contributed by atoms with Crippen LogP contribution in [0.15, 0.2) is 42.5 Å². The summed E-state index contributed by atoms with van der Waals surface area (Å²) in [4.78, 5) is 23.9.